The second-order valence-corrected chi connectivity index (χ2v) is 8.01. The van der Waals surface area contributed by atoms with Crippen LogP contribution >= 0.6 is 0 Å². The van der Waals surface area contributed by atoms with Gasteiger partial charge in [0.1, 0.15) is 0 Å². The number of hydrogen-bond donors (Lipinski definition) is 0. The minimum absolute atomic E-state index is 0.728. The van der Waals surface area contributed by atoms with Gasteiger partial charge in [-0.1, -0.05) is 68.4 Å². The third-order valence-corrected chi connectivity index (χ3v) is 6.33. The lowest BCUT2D eigenvalue weighted by atomic mass is 9.88. The van der Waals surface area contributed by atoms with E-state index in [1.54, 1.807) is 11.1 Å². The van der Waals surface area contributed by atoms with Crippen LogP contribution < -0.4 is 0 Å². The summed E-state index contributed by atoms with van der Waals surface area (Å²) in [7, 11) is 0. The number of fused-ring (bicyclic) bond motifs is 7. The third-order valence-electron chi connectivity index (χ3n) is 6.33. The maximum absolute atomic E-state index is 2.41. The Balaban J connectivity index is 1.85. The van der Waals surface area contributed by atoms with Gasteiger partial charge in [0.25, 0.3) is 0 Å². The molecular weight excluding hydrogens is 300 g/mol. The Hall–Kier alpha value is -2.34. The van der Waals surface area contributed by atoms with Crippen molar-refractivity contribution in [3.8, 4) is 0 Å². The van der Waals surface area contributed by atoms with E-state index in [0.29, 0.717) is 0 Å². The van der Waals surface area contributed by atoms with Crippen LogP contribution in [0.15, 0.2) is 54.6 Å². The van der Waals surface area contributed by atoms with Crippen LogP contribution in [0.5, 0.6) is 0 Å². The summed E-state index contributed by atoms with van der Waals surface area (Å²) in [5.41, 5.74) is 4.55. The molecule has 0 N–H and O–H groups in total. The Morgan fingerprint density at radius 2 is 1.32 bits per heavy atom. The number of aryl methyl sites for hydroxylation is 2. The first kappa shape index (κ1) is 15.0. The average Bonchev–Trinajstić information content (AvgIpc) is 3.06. The van der Waals surface area contributed by atoms with E-state index < -0.39 is 0 Å². The smallest absolute Gasteiger partial charge is 0.00989 e. The van der Waals surface area contributed by atoms with Crippen molar-refractivity contribution in [1.82, 2.24) is 0 Å². The van der Waals surface area contributed by atoms with Crippen LogP contribution in [0.3, 0.4) is 0 Å². The summed E-state index contributed by atoms with van der Waals surface area (Å²) in [5.74, 6) is 1.46. The zero-order chi connectivity index (χ0) is 17.1. The van der Waals surface area contributed by atoms with E-state index in [0.717, 1.165) is 11.8 Å². The molecular formula is C25H24. The summed E-state index contributed by atoms with van der Waals surface area (Å²) in [6.07, 6.45) is 2.54. The molecule has 0 aliphatic heterocycles. The molecule has 25 heavy (non-hydrogen) atoms. The summed E-state index contributed by atoms with van der Waals surface area (Å²) in [5, 5.41) is 8.41. The molecule has 0 fully saturated rings. The molecule has 0 nitrogen and oxygen atoms in total. The number of benzene rings is 4. The minimum Gasteiger partial charge on any atom is -0.0622 e. The van der Waals surface area contributed by atoms with Crippen LogP contribution in [0, 0.1) is 12.8 Å². The van der Waals surface area contributed by atoms with Crippen molar-refractivity contribution in [2.75, 3.05) is 0 Å². The van der Waals surface area contributed by atoms with E-state index in [2.05, 4.69) is 75.4 Å². The second kappa shape index (κ2) is 5.33. The highest BCUT2D eigenvalue weighted by molar-refractivity contribution is 6.18. The molecule has 4 aromatic carbocycles. The Morgan fingerprint density at radius 1 is 0.720 bits per heavy atom. The van der Waals surface area contributed by atoms with Crippen molar-refractivity contribution in [2.45, 2.75) is 39.5 Å². The second-order valence-electron chi connectivity index (χ2n) is 8.01. The maximum atomic E-state index is 2.41. The van der Waals surface area contributed by atoms with Gasteiger partial charge in [0.05, 0.1) is 0 Å². The molecule has 0 unspecified atom stereocenters. The molecule has 0 heteroatoms. The Kier molecular flexibility index (Phi) is 3.19. The van der Waals surface area contributed by atoms with Crippen molar-refractivity contribution in [3.63, 3.8) is 0 Å². The van der Waals surface area contributed by atoms with E-state index >= 15 is 0 Å². The van der Waals surface area contributed by atoms with Crippen LogP contribution in [-0.4, -0.2) is 0 Å². The number of hydrogen-bond acceptors (Lipinski definition) is 0. The standard InChI is InChI=1S/C25H24/c1-15(2)17-7-9-22-20(17)11-12-25-23-10-8-18-16(3)5-4-6-19(18)21(23)13-14-24(22)25/h4-6,8,10-15,17H,7,9H2,1-3H3/t17-/m0/s1. The predicted octanol–water partition coefficient (Wildman–Crippen LogP) is 7.14. The van der Waals surface area contributed by atoms with Gasteiger partial charge >= 0.3 is 0 Å². The highest BCUT2D eigenvalue weighted by atomic mass is 14.3. The van der Waals surface area contributed by atoms with Gasteiger partial charge < -0.3 is 0 Å². The summed E-state index contributed by atoms with van der Waals surface area (Å²) in [6, 6.07) is 20.8. The van der Waals surface area contributed by atoms with Crippen LogP contribution in [0.2, 0.25) is 0 Å². The monoisotopic (exact) mass is 324 g/mol. The summed E-state index contributed by atoms with van der Waals surface area (Å²) in [6.45, 7) is 6.92. The van der Waals surface area contributed by atoms with Crippen LogP contribution in [-0.2, 0) is 6.42 Å². The number of rotatable bonds is 1. The van der Waals surface area contributed by atoms with Crippen molar-refractivity contribution in [2.24, 2.45) is 5.92 Å². The quantitative estimate of drug-likeness (QED) is 0.326. The van der Waals surface area contributed by atoms with Gasteiger partial charge in [-0.15, -0.1) is 0 Å². The first-order valence-electron chi connectivity index (χ1n) is 9.51. The fraction of sp³-hybridized carbons (Fsp3) is 0.280. The summed E-state index contributed by atoms with van der Waals surface area (Å²) >= 11 is 0. The van der Waals surface area contributed by atoms with Crippen molar-refractivity contribution >= 4 is 32.3 Å². The van der Waals surface area contributed by atoms with Crippen molar-refractivity contribution in [1.29, 1.82) is 0 Å². The van der Waals surface area contributed by atoms with Crippen LogP contribution in [0.25, 0.3) is 32.3 Å². The van der Waals surface area contributed by atoms with E-state index in [9.17, 15) is 0 Å². The van der Waals surface area contributed by atoms with Gasteiger partial charge in [0.15, 0.2) is 0 Å². The van der Waals surface area contributed by atoms with Gasteiger partial charge in [0, 0.05) is 0 Å². The average molecular weight is 324 g/mol. The van der Waals surface area contributed by atoms with E-state index in [1.807, 2.05) is 0 Å². The van der Waals surface area contributed by atoms with Crippen LogP contribution in [0.1, 0.15) is 42.9 Å². The van der Waals surface area contributed by atoms with Gasteiger partial charge in [-0.05, 0) is 80.6 Å². The lowest BCUT2D eigenvalue weighted by Crippen LogP contribution is -2.01. The molecule has 0 spiro atoms. The highest BCUT2D eigenvalue weighted by Crippen LogP contribution is 2.43. The largest absolute Gasteiger partial charge is 0.0622 e. The summed E-state index contributed by atoms with van der Waals surface area (Å²) in [4.78, 5) is 0. The van der Waals surface area contributed by atoms with Gasteiger partial charge in [-0.2, -0.15) is 0 Å². The molecule has 5 rings (SSSR count). The first-order valence-corrected chi connectivity index (χ1v) is 9.51. The summed E-state index contributed by atoms with van der Waals surface area (Å²) < 4.78 is 0. The van der Waals surface area contributed by atoms with E-state index in [1.165, 1.54) is 50.7 Å². The molecule has 0 bridgehead atoms. The molecule has 0 saturated carbocycles. The Labute approximate surface area is 149 Å². The SMILES string of the molecule is Cc1cccc2c1ccc1c3ccc4c(c3ccc21)CC[C@H]4C(C)C. The van der Waals surface area contributed by atoms with Crippen LogP contribution in [0.4, 0.5) is 0 Å². The predicted molar refractivity (Wildman–Crippen MR) is 110 cm³/mol. The molecule has 4 aromatic rings. The van der Waals surface area contributed by atoms with E-state index in [-0.39, 0.29) is 0 Å². The Bertz CT molecular complexity index is 1130. The molecule has 124 valence electrons. The van der Waals surface area contributed by atoms with Gasteiger partial charge in [-0.25, -0.2) is 0 Å². The molecule has 0 heterocycles. The fourth-order valence-corrected chi connectivity index (χ4v) is 5.00. The zero-order valence-corrected chi connectivity index (χ0v) is 15.3. The van der Waals surface area contributed by atoms with Crippen molar-refractivity contribution in [3.05, 3.63) is 71.3 Å². The molecule has 1 aliphatic rings. The molecule has 0 radical (unpaired) electrons. The van der Waals surface area contributed by atoms with Crippen molar-refractivity contribution < 1.29 is 0 Å². The maximum Gasteiger partial charge on any atom is -0.00989 e. The topological polar surface area (TPSA) is 0 Å². The molecule has 0 aromatic heterocycles. The highest BCUT2D eigenvalue weighted by Gasteiger charge is 2.26. The first-order chi connectivity index (χ1) is 12.1. The van der Waals surface area contributed by atoms with E-state index in [4.69, 9.17) is 0 Å². The molecule has 0 saturated heterocycles. The molecule has 1 atom stereocenters. The Morgan fingerprint density at radius 3 is 2.08 bits per heavy atom. The van der Waals surface area contributed by atoms with Gasteiger partial charge in [0.2, 0.25) is 0 Å². The lowest BCUT2D eigenvalue weighted by Gasteiger charge is -2.17. The van der Waals surface area contributed by atoms with Gasteiger partial charge in [-0.3, -0.25) is 0 Å². The normalized spacial score (nSPS) is 17.0. The molecule has 0 amide bonds. The fourth-order valence-electron chi connectivity index (χ4n) is 5.00. The molecule has 1 aliphatic carbocycles. The zero-order valence-electron chi connectivity index (χ0n) is 15.3. The lowest BCUT2D eigenvalue weighted by molar-refractivity contribution is 0.496. The third kappa shape index (κ3) is 2.07. The minimum atomic E-state index is 0.728.